The van der Waals surface area contributed by atoms with Crippen LogP contribution in [0.25, 0.3) is 0 Å². The molecule has 6 nitrogen and oxygen atoms in total. The van der Waals surface area contributed by atoms with Gasteiger partial charge in [0.15, 0.2) is 11.5 Å². The fraction of sp³-hybridized carbons (Fsp3) is 0.417. The minimum Gasteiger partial charge on any atom is -0.488 e. The Bertz CT molecular complexity index is 976. The van der Waals surface area contributed by atoms with Crippen LogP contribution in [0.1, 0.15) is 32.3 Å². The van der Waals surface area contributed by atoms with Gasteiger partial charge < -0.3 is 19.7 Å². The number of ether oxygens (including phenoxy) is 2. The number of benzene rings is 2. The Kier molecular flexibility index (Phi) is 6.41. The molecule has 0 spiro atoms. The number of rotatable bonds is 7. The first-order valence-corrected chi connectivity index (χ1v) is 11.6. The van der Waals surface area contributed by atoms with Crippen LogP contribution >= 0.6 is 11.8 Å². The van der Waals surface area contributed by atoms with Gasteiger partial charge in [-0.1, -0.05) is 24.3 Å². The van der Waals surface area contributed by atoms with Crippen molar-refractivity contribution in [3.63, 3.8) is 0 Å². The molecule has 2 aliphatic rings. The molecule has 2 aromatic carbocycles. The van der Waals surface area contributed by atoms with Gasteiger partial charge in [-0.25, -0.2) is 0 Å². The second-order valence-corrected chi connectivity index (χ2v) is 9.48. The molecular weight excluding hydrogens is 412 g/mol. The summed E-state index contributed by atoms with van der Waals surface area (Å²) in [7, 11) is 0. The molecule has 2 aromatic rings. The van der Waals surface area contributed by atoms with Gasteiger partial charge in [0.05, 0.1) is 12.2 Å². The molecule has 2 heterocycles. The molecule has 0 fully saturated rings. The van der Waals surface area contributed by atoms with Crippen LogP contribution in [-0.4, -0.2) is 42.9 Å². The Morgan fingerprint density at radius 3 is 2.87 bits per heavy atom. The standard InChI is InChI=1S/C24H28N2O4S/c1-24(2)16-17-6-5-8-19(23(17)30-24)29-14-12-25-21(27)10-11-22(28)26-13-15-31-20-9-4-3-7-18(20)26/h3-9H,10-16H2,1-2H3,(H,25,27). The number of thioether (sulfide) groups is 1. The lowest BCUT2D eigenvalue weighted by atomic mass is 10.0. The Labute approximate surface area is 187 Å². The van der Waals surface area contributed by atoms with E-state index in [9.17, 15) is 9.59 Å². The monoisotopic (exact) mass is 440 g/mol. The third kappa shape index (κ3) is 5.15. The molecular formula is C24H28N2O4S. The zero-order valence-corrected chi connectivity index (χ0v) is 18.8. The van der Waals surface area contributed by atoms with Crippen molar-refractivity contribution < 1.29 is 19.1 Å². The molecule has 0 bridgehead atoms. The van der Waals surface area contributed by atoms with Gasteiger partial charge in [0.1, 0.15) is 12.2 Å². The minimum atomic E-state index is -0.226. The van der Waals surface area contributed by atoms with E-state index in [1.807, 2.05) is 36.4 Å². The summed E-state index contributed by atoms with van der Waals surface area (Å²) >= 11 is 1.76. The van der Waals surface area contributed by atoms with E-state index < -0.39 is 0 Å². The molecule has 0 saturated heterocycles. The predicted molar refractivity (Wildman–Crippen MR) is 122 cm³/mol. The summed E-state index contributed by atoms with van der Waals surface area (Å²) in [5.41, 5.74) is 1.86. The predicted octanol–water partition coefficient (Wildman–Crippen LogP) is 3.81. The number of anilines is 1. The van der Waals surface area contributed by atoms with Gasteiger partial charge in [0.25, 0.3) is 0 Å². The first-order valence-electron chi connectivity index (χ1n) is 10.7. The zero-order valence-electron chi connectivity index (χ0n) is 18.0. The quantitative estimate of drug-likeness (QED) is 0.663. The molecule has 0 saturated carbocycles. The van der Waals surface area contributed by atoms with Crippen LogP contribution in [0.5, 0.6) is 11.5 Å². The van der Waals surface area contributed by atoms with Crippen LogP contribution in [0.3, 0.4) is 0 Å². The molecule has 0 aromatic heterocycles. The first-order chi connectivity index (χ1) is 14.9. The van der Waals surface area contributed by atoms with E-state index in [1.165, 1.54) is 0 Å². The minimum absolute atomic E-state index is 0.0150. The zero-order chi connectivity index (χ0) is 21.8. The van der Waals surface area contributed by atoms with Crippen molar-refractivity contribution in [2.45, 2.75) is 43.6 Å². The summed E-state index contributed by atoms with van der Waals surface area (Å²) in [4.78, 5) is 27.7. The summed E-state index contributed by atoms with van der Waals surface area (Å²) in [5, 5.41) is 2.83. The molecule has 1 N–H and O–H groups in total. The van der Waals surface area contributed by atoms with E-state index in [4.69, 9.17) is 9.47 Å². The smallest absolute Gasteiger partial charge is 0.227 e. The maximum absolute atomic E-state index is 12.6. The fourth-order valence-corrected chi connectivity index (χ4v) is 4.92. The summed E-state index contributed by atoms with van der Waals surface area (Å²) in [6, 6.07) is 13.8. The number of carbonyl (C=O) groups excluding carboxylic acids is 2. The molecule has 2 aliphatic heterocycles. The van der Waals surface area contributed by atoms with Gasteiger partial charge in [-0.05, 0) is 32.0 Å². The van der Waals surface area contributed by atoms with Crippen LogP contribution in [-0.2, 0) is 16.0 Å². The van der Waals surface area contributed by atoms with Crippen LogP contribution in [0.4, 0.5) is 5.69 Å². The number of amides is 2. The van der Waals surface area contributed by atoms with Crippen molar-refractivity contribution in [1.29, 1.82) is 0 Å². The highest BCUT2D eigenvalue weighted by molar-refractivity contribution is 7.99. The second-order valence-electron chi connectivity index (χ2n) is 8.34. The summed E-state index contributed by atoms with van der Waals surface area (Å²) in [6.07, 6.45) is 1.22. The van der Waals surface area contributed by atoms with E-state index in [1.54, 1.807) is 16.7 Å². The molecule has 2 amide bonds. The van der Waals surface area contributed by atoms with Crippen LogP contribution in [0.15, 0.2) is 47.4 Å². The maximum atomic E-state index is 12.6. The van der Waals surface area contributed by atoms with Crippen molar-refractivity contribution >= 4 is 29.3 Å². The van der Waals surface area contributed by atoms with Gasteiger partial charge in [0.2, 0.25) is 11.8 Å². The van der Waals surface area contributed by atoms with Crippen LogP contribution < -0.4 is 19.7 Å². The van der Waals surface area contributed by atoms with Gasteiger partial charge in [-0.3, -0.25) is 9.59 Å². The van der Waals surface area contributed by atoms with Gasteiger partial charge in [-0.2, -0.15) is 0 Å². The average molecular weight is 441 g/mol. The largest absolute Gasteiger partial charge is 0.488 e. The lowest BCUT2D eigenvalue weighted by molar-refractivity contribution is -0.125. The Hall–Kier alpha value is -2.67. The summed E-state index contributed by atoms with van der Waals surface area (Å²) in [6.45, 7) is 5.51. The van der Waals surface area contributed by atoms with Crippen LogP contribution in [0, 0.1) is 0 Å². The number of carbonyl (C=O) groups is 2. The van der Waals surface area contributed by atoms with Gasteiger partial charge in [0, 0.05) is 42.0 Å². The van der Waals surface area contributed by atoms with Crippen LogP contribution in [0.2, 0.25) is 0 Å². The SMILES string of the molecule is CC1(C)Cc2cccc(OCCNC(=O)CCC(=O)N3CCSc4ccccc43)c2O1. The molecule has 7 heteroatoms. The molecule has 31 heavy (non-hydrogen) atoms. The van der Waals surface area contributed by atoms with Crippen molar-refractivity contribution in [2.75, 3.05) is 30.3 Å². The normalized spacial score (nSPS) is 16.1. The third-order valence-electron chi connectivity index (χ3n) is 5.33. The van der Waals surface area contributed by atoms with Crippen molar-refractivity contribution in [2.24, 2.45) is 0 Å². The first kappa shape index (κ1) is 21.6. The number of hydrogen-bond acceptors (Lipinski definition) is 5. The number of nitrogens with one attached hydrogen (secondary N) is 1. The van der Waals surface area contributed by atoms with E-state index in [0.29, 0.717) is 25.4 Å². The second kappa shape index (κ2) is 9.22. The molecule has 4 rings (SSSR count). The highest BCUT2D eigenvalue weighted by Gasteiger charge is 2.32. The number of nitrogens with zero attached hydrogens (tertiary/aromatic N) is 1. The van der Waals surface area contributed by atoms with Crippen molar-refractivity contribution in [3.8, 4) is 11.5 Å². The average Bonchev–Trinajstić information content (AvgIpc) is 3.09. The molecule has 0 radical (unpaired) electrons. The Morgan fingerprint density at radius 2 is 2.00 bits per heavy atom. The summed E-state index contributed by atoms with van der Waals surface area (Å²) < 4.78 is 11.8. The van der Waals surface area contributed by atoms with E-state index >= 15 is 0 Å². The Balaban J connectivity index is 1.20. The van der Waals surface area contributed by atoms with E-state index in [-0.39, 0.29) is 30.3 Å². The molecule has 0 aliphatic carbocycles. The molecule has 0 unspecified atom stereocenters. The number of para-hydroxylation sites is 2. The topological polar surface area (TPSA) is 67.9 Å². The maximum Gasteiger partial charge on any atom is 0.227 e. The molecule has 164 valence electrons. The van der Waals surface area contributed by atoms with Gasteiger partial charge in [-0.15, -0.1) is 11.8 Å². The number of fused-ring (bicyclic) bond motifs is 2. The van der Waals surface area contributed by atoms with E-state index in [0.717, 1.165) is 34.1 Å². The lowest BCUT2D eigenvalue weighted by Gasteiger charge is -2.29. The van der Waals surface area contributed by atoms with Crippen molar-refractivity contribution in [3.05, 3.63) is 48.0 Å². The summed E-state index contributed by atoms with van der Waals surface area (Å²) in [5.74, 6) is 2.21. The lowest BCUT2D eigenvalue weighted by Crippen LogP contribution is -2.36. The fourth-order valence-electron chi connectivity index (χ4n) is 3.92. The highest BCUT2D eigenvalue weighted by Crippen LogP contribution is 2.41. The van der Waals surface area contributed by atoms with Crippen molar-refractivity contribution in [1.82, 2.24) is 5.32 Å². The molecule has 0 atom stereocenters. The third-order valence-corrected chi connectivity index (χ3v) is 6.38. The number of hydrogen-bond donors (Lipinski definition) is 1. The van der Waals surface area contributed by atoms with Gasteiger partial charge >= 0.3 is 0 Å². The van der Waals surface area contributed by atoms with E-state index in [2.05, 4.69) is 25.2 Å². The Morgan fingerprint density at radius 1 is 1.16 bits per heavy atom. The highest BCUT2D eigenvalue weighted by atomic mass is 32.2.